The first-order chi connectivity index (χ1) is 6.70. The Hall–Kier alpha value is -0.870. The Balaban J connectivity index is 2.16. The molecular weight excluding hydrogens is 176 g/mol. The number of nitrogens with two attached hydrogens (primary N) is 1. The highest BCUT2D eigenvalue weighted by Gasteiger charge is 2.23. The summed E-state index contributed by atoms with van der Waals surface area (Å²) < 4.78 is 1.90. The van der Waals surface area contributed by atoms with Crippen LogP contribution in [-0.4, -0.2) is 34.8 Å². The molecule has 1 fully saturated rings. The number of likely N-dealkylation sites (tertiary alicyclic amines) is 1. The molecule has 2 heterocycles. The fourth-order valence-electron chi connectivity index (χ4n) is 2.10. The van der Waals surface area contributed by atoms with Crippen LogP contribution in [0.15, 0.2) is 6.07 Å². The third-order valence-corrected chi connectivity index (χ3v) is 3.01. The lowest BCUT2D eigenvalue weighted by molar-refractivity contribution is 0.410. The summed E-state index contributed by atoms with van der Waals surface area (Å²) in [7, 11) is 4.12. The van der Waals surface area contributed by atoms with Gasteiger partial charge >= 0.3 is 0 Å². The van der Waals surface area contributed by atoms with Crippen molar-refractivity contribution in [1.29, 1.82) is 0 Å². The van der Waals surface area contributed by atoms with E-state index in [1.54, 1.807) is 0 Å². The van der Waals surface area contributed by atoms with Gasteiger partial charge in [-0.15, -0.1) is 0 Å². The first-order valence-electron chi connectivity index (χ1n) is 5.12. The zero-order chi connectivity index (χ0) is 10.1. The Morgan fingerprint density at radius 3 is 2.86 bits per heavy atom. The molecule has 0 radical (unpaired) electrons. The minimum Gasteiger partial charge on any atom is -0.325 e. The summed E-state index contributed by atoms with van der Waals surface area (Å²) in [6.07, 6.45) is 1.22. The maximum Gasteiger partial charge on any atom is 0.0672 e. The van der Waals surface area contributed by atoms with Gasteiger partial charge in [0, 0.05) is 26.1 Å². The molecule has 0 saturated carbocycles. The molecule has 1 atom stereocenters. The van der Waals surface area contributed by atoms with E-state index < -0.39 is 0 Å². The predicted molar refractivity (Wildman–Crippen MR) is 56.0 cm³/mol. The lowest BCUT2D eigenvalue weighted by Gasteiger charge is -2.06. The smallest absolute Gasteiger partial charge is 0.0672 e. The average molecular weight is 194 g/mol. The van der Waals surface area contributed by atoms with Crippen molar-refractivity contribution in [2.45, 2.75) is 18.9 Å². The summed E-state index contributed by atoms with van der Waals surface area (Å²) in [4.78, 5) is 2.35. The molecule has 1 aliphatic rings. The number of hydrogen-bond acceptors (Lipinski definition) is 3. The maximum atomic E-state index is 5.62. The summed E-state index contributed by atoms with van der Waals surface area (Å²) in [6, 6.07) is 2.14. The van der Waals surface area contributed by atoms with Crippen molar-refractivity contribution in [1.82, 2.24) is 14.7 Å². The van der Waals surface area contributed by atoms with Gasteiger partial charge in [-0.25, -0.2) is 0 Å². The first-order valence-corrected chi connectivity index (χ1v) is 5.12. The van der Waals surface area contributed by atoms with E-state index in [9.17, 15) is 0 Å². The highest BCUT2D eigenvalue weighted by molar-refractivity contribution is 5.16. The van der Waals surface area contributed by atoms with Crippen molar-refractivity contribution < 1.29 is 0 Å². The first kappa shape index (κ1) is 9.68. The van der Waals surface area contributed by atoms with Gasteiger partial charge in [0.25, 0.3) is 0 Å². The Morgan fingerprint density at radius 1 is 1.57 bits per heavy atom. The molecule has 4 nitrogen and oxygen atoms in total. The molecule has 0 spiro atoms. The molecule has 0 aliphatic carbocycles. The third kappa shape index (κ3) is 1.67. The van der Waals surface area contributed by atoms with E-state index in [4.69, 9.17) is 5.73 Å². The van der Waals surface area contributed by atoms with Crippen LogP contribution in [0.3, 0.4) is 0 Å². The monoisotopic (exact) mass is 194 g/mol. The SMILES string of the molecule is CN1CCC(c2cc(CN)n(C)n2)C1. The van der Waals surface area contributed by atoms with Crippen LogP contribution in [-0.2, 0) is 13.6 Å². The third-order valence-electron chi connectivity index (χ3n) is 3.01. The molecule has 2 N–H and O–H groups in total. The fourth-order valence-corrected chi connectivity index (χ4v) is 2.10. The zero-order valence-corrected chi connectivity index (χ0v) is 8.90. The Bertz CT molecular complexity index is 318. The molecular formula is C10H18N4. The van der Waals surface area contributed by atoms with Gasteiger partial charge in [-0.3, -0.25) is 4.68 Å². The van der Waals surface area contributed by atoms with Gasteiger partial charge in [0.05, 0.1) is 11.4 Å². The van der Waals surface area contributed by atoms with Gasteiger partial charge in [0.1, 0.15) is 0 Å². The molecule has 4 heteroatoms. The molecule has 1 aromatic heterocycles. The largest absolute Gasteiger partial charge is 0.325 e. The van der Waals surface area contributed by atoms with Gasteiger partial charge in [0.2, 0.25) is 0 Å². The van der Waals surface area contributed by atoms with E-state index in [1.165, 1.54) is 18.7 Å². The Kier molecular flexibility index (Phi) is 2.56. The van der Waals surface area contributed by atoms with Gasteiger partial charge < -0.3 is 10.6 Å². The van der Waals surface area contributed by atoms with E-state index in [0.29, 0.717) is 12.5 Å². The highest BCUT2D eigenvalue weighted by Crippen LogP contribution is 2.25. The topological polar surface area (TPSA) is 47.1 Å². The second-order valence-electron chi connectivity index (χ2n) is 4.14. The van der Waals surface area contributed by atoms with Gasteiger partial charge in [-0.2, -0.15) is 5.10 Å². The summed E-state index contributed by atoms with van der Waals surface area (Å²) in [5.74, 6) is 0.603. The molecule has 1 aliphatic heterocycles. The van der Waals surface area contributed by atoms with Crippen LogP contribution in [0.5, 0.6) is 0 Å². The molecule has 0 aromatic carbocycles. The van der Waals surface area contributed by atoms with Crippen molar-refractivity contribution in [3.8, 4) is 0 Å². The Labute approximate surface area is 84.7 Å². The van der Waals surface area contributed by atoms with Crippen LogP contribution in [0.2, 0.25) is 0 Å². The molecule has 0 bridgehead atoms. The second-order valence-corrected chi connectivity index (χ2v) is 4.14. The number of nitrogens with zero attached hydrogens (tertiary/aromatic N) is 3. The summed E-state index contributed by atoms with van der Waals surface area (Å²) in [5, 5.41) is 4.51. The molecule has 14 heavy (non-hydrogen) atoms. The molecule has 1 saturated heterocycles. The lowest BCUT2D eigenvalue weighted by atomic mass is 10.1. The molecule has 78 valence electrons. The Morgan fingerprint density at radius 2 is 2.36 bits per heavy atom. The van der Waals surface area contributed by atoms with Crippen LogP contribution < -0.4 is 5.73 Å². The number of likely N-dealkylation sites (N-methyl/N-ethyl adjacent to an activating group) is 1. The zero-order valence-electron chi connectivity index (χ0n) is 8.90. The second kappa shape index (κ2) is 3.71. The minimum atomic E-state index is 0.575. The quantitative estimate of drug-likeness (QED) is 0.736. The van der Waals surface area contributed by atoms with E-state index in [2.05, 4.69) is 23.1 Å². The summed E-state index contributed by atoms with van der Waals surface area (Å²) in [6.45, 7) is 2.88. The van der Waals surface area contributed by atoms with Crippen LogP contribution >= 0.6 is 0 Å². The summed E-state index contributed by atoms with van der Waals surface area (Å²) in [5.41, 5.74) is 7.94. The van der Waals surface area contributed by atoms with Crippen LogP contribution in [0.4, 0.5) is 0 Å². The maximum absolute atomic E-state index is 5.62. The van der Waals surface area contributed by atoms with E-state index in [0.717, 1.165) is 12.2 Å². The predicted octanol–water partition coefficient (Wildman–Crippen LogP) is 0.298. The number of aryl methyl sites for hydroxylation is 1. The van der Waals surface area contributed by atoms with Gasteiger partial charge in [-0.1, -0.05) is 0 Å². The van der Waals surface area contributed by atoms with Crippen molar-refractivity contribution in [2.24, 2.45) is 12.8 Å². The number of hydrogen-bond donors (Lipinski definition) is 1. The minimum absolute atomic E-state index is 0.575. The van der Waals surface area contributed by atoms with Crippen LogP contribution in [0.1, 0.15) is 23.7 Å². The van der Waals surface area contributed by atoms with Crippen LogP contribution in [0.25, 0.3) is 0 Å². The summed E-state index contributed by atoms with van der Waals surface area (Å²) >= 11 is 0. The lowest BCUT2D eigenvalue weighted by Crippen LogP contribution is -2.13. The molecule has 2 rings (SSSR count). The normalized spacial score (nSPS) is 23.2. The standard InChI is InChI=1S/C10H18N4/c1-13-4-3-8(7-13)10-5-9(6-11)14(2)12-10/h5,8H,3-4,6-7,11H2,1-2H3. The average Bonchev–Trinajstić information content (AvgIpc) is 2.71. The molecule has 1 aromatic rings. The highest BCUT2D eigenvalue weighted by atomic mass is 15.3. The van der Waals surface area contributed by atoms with Crippen molar-refractivity contribution in [2.75, 3.05) is 20.1 Å². The van der Waals surface area contributed by atoms with Crippen molar-refractivity contribution in [3.05, 3.63) is 17.5 Å². The van der Waals surface area contributed by atoms with Gasteiger partial charge in [0.15, 0.2) is 0 Å². The molecule has 1 unspecified atom stereocenters. The van der Waals surface area contributed by atoms with Gasteiger partial charge in [-0.05, 0) is 26.1 Å². The van der Waals surface area contributed by atoms with Crippen molar-refractivity contribution in [3.63, 3.8) is 0 Å². The number of rotatable bonds is 2. The van der Waals surface area contributed by atoms with E-state index in [1.807, 2.05) is 11.7 Å². The number of aromatic nitrogens is 2. The molecule has 0 amide bonds. The van der Waals surface area contributed by atoms with E-state index >= 15 is 0 Å². The fraction of sp³-hybridized carbons (Fsp3) is 0.700. The van der Waals surface area contributed by atoms with E-state index in [-0.39, 0.29) is 0 Å². The van der Waals surface area contributed by atoms with Crippen molar-refractivity contribution >= 4 is 0 Å². The van der Waals surface area contributed by atoms with Crippen LogP contribution in [0, 0.1) is 0 Å².